The molecule has 0 bridgehead atoms. The predicted octanol–water partition coefficient (Wildman–Crippen LogP) is 4.43. The second-order valence-corrected chi connectivity index (χ2v) is 7.17. The highest BCUT2D eigenvalue weighted by molar-refractivity contribution is 5.79. The van der Waals surface area contributed by atoms with Gasteiger partial charge in [-0.25, -0.2) is 4.79 Å². The van der Waals surface area contributed by atoms with Crippen LogP contribution < -0.4 is 11.1 Å². The van der Waals surface area contributed by atoms with Crippen molar-refractivity contribution < 1.29 is 9.53 Å². The van der Waals surface area contributed by atoms with E-state index in [2.05, 4.69) is 41.4 Å². The van der Waals surface area contributed by atoms with E-state index < -0.39 is 6.09 Å². The monoisotopic (exact) mass is 396 g/mol. The number of fused-ring (bicyclic) bond motifs is 3. The number of hydrogen-bond acceptors (Lipinski definition) is 3. The van der Waals surface area contributed by atoms with E-state index >= 15 is 0 Å². The Morgan fingerprint density at radius 3 is 2.27 bits per heavy atom. The first-order valence-corrected chi connectivity index (χ1v) is 10.1. The lowest BCUT2D eigenvalue weighted by atomic mass is 9.98. The number of carbonyl (C=O) groups excluding carboxylic acids is 1. The molecule has 0 fully saturated rings. The molecule has 1 aliphatic carbocycles. The van der Waals surface area contributed by atoms with Crippen LogP contribution in [-0.4, -0.2) is 19.2 Å². The summed E-state index contributed by atoms with van der Waals surface area (Å²) in [4.78, 5) is 12.2. The predicted molar refractivity (Wildman–Crippen MR) is 119 cm³/mol. The smallest absolute Gasteiger partial charge is 0.407 e. The molecule has 150 valence electrons. The minimum absolute atomic E-state index is 0.0655. The van der Waals surface area contributed by atoms with E-state index in [-0.39, 0.29) is 5.92 Å². The number of ether oxygens (including phenoxy) is 1. The Labute approximate surface area is 177 Å². The fraction of sp³-hybridized carbons (Fsp3) is 0.192. The standard InChI is InChI=1S/C26H24N2O2/c27-17-20-11-2-1-9-19(20)10-7-8-16-28-26(29)30-18-25-23-14-5-3-12-21(23)22-13-4-6-15-24(22)25/h1-6,9,11-15,25H,8,16-18,27H2,(H,28,29). The maximum atomic E-state index is 12.2. The number of carbonyl (C=O) groups is 1. The molecule has 3 N–H and O–H groups in total. The quantitative estimate of drug-likeness (QED) is 0.495. The molecule has 3 aromatic rings. The van der Waals surface area contributed by atoms with Crippen molar-refractivity contribution >= 4 is 6.09 Å². The largest absolute Gasteiger partial charge is 0.449 e. The van der Waals surface area contributed by atoms with Crippen LogP contribution in [0.2, 0.25) is 0 Å². The van der Waals surface area contributed by atoms with Gasteiger partial charge in [0.25, 0.3) is 0 Å². The number of benzene rings is 3. The zero-order valence-corrected chi connectivity index (χ0v) is 16.7. The Morgan fingerprint density at radius 1 is 0.933 bits per heavy atom. The van der Waals surface area contributed by atoms with E-state index in [1.807, 2.05) is 48.5 Å². The molecule has 0 aromatic heterocycles. The topological polar surface area (TPSA) is 64.3 Å². The molecule has 0 saturated carbocycles. The molecule has 0 aliphatic heterocycles. The average molecular weight is 396 g/mol. The second kappa shape index (κ2) is 9.30. The number of amides is 1. The van der Waals surface area contributed by atoms with Gasteiger partial charge in [0.15, 0.2) is 0 Å². The van der Waals surface area contributed by atoms with Crippen LogP contribution in [0.4, 0.5) is 4.79 Å². The first-order chi connectivity index (χ1) is 14.8. The van der Waals surface area contributed by atoms with Crippen molar-refractivity contribution in [2.24, 2.45) is 5.73 Å². The fourth-order valence-corrected chi connectivity index (χ4v) is 3.85. The summed E-state index contributed by atoms with van der Waals surface area (Å²) >= 11 is 0. The van der Waals surface area contributed by atoms with Gasteiger partial charge in [0.2, 0.25) is 0 Å². The Bertz CT molecular complexity index is 1070. The lowest BCUT2D eigenvalue weighted by molar-refractivity contribution is 0.143. The highest BCUT2D eigenvalue weighted by atomic mass is 16.5. The van der Waals surface area contributed by atoms with Gasteiger partial charge in [-0.1, -0.05) is 78.6 Å². The van der Waals surface area contributed by atoms with Crippen LogP contribution in [0.15, 0.2) is 72.8 Å². The molecule has 1 aliphatic rings. The normalized spacial score (nSPS) is 11.8. The Balaban J connectivity index is 1.29. The van der Waals surface area contributed by atoms with E-state index in [0.29, 0.717) is 26.1 Å². The third-order valence-corrected chi connectivity index (χ3v) is 5.32. The molecule has 0 heterocycles. The number of rotatable bonds is 5. The van der Waals surface area contributed by atoms with Crippen LogP contribution in [0.25, 0.3) is 11.1 Å². The summed E-state index contributed by atoms with van der Waals surface area (Å²) in [6, 6.07) is 24.4. The van der Waals surface area contributed by atoms with Crippen molar-refractivity contribution in [3.8, 4) is 23.0 Å². The summed E-state index contributed by atoms with van der Waals surface area (Å²) in [5, 5.41) is 2.78. The third kappa shape index (κ3) is 4.22. The highest BCUT2D eigenvalue weighted by Gasteiger charge is 2.28. The molecule has 30 heavy (non-hydrogen) atoms. The van der Waals surface area contributed by atoms with Gasteiger partial charge in [-0.3, -0.25) is 0 Å². The van der Waals surface area contributed by atoms with Gasteiger partial charge in [0, 0.05) is 31.0 Å². The molecule has 4 rings (SSSR count). The van der Waals surface area contributed by atoms with Gasteiger partial charge in [0.05, 0.1) is 0 Å². The number of nitrogens with two attached hydrogens (primary N) is 1. The van der Waals surface area contributed by atoms with Crippen molar-refractivity contribution in [2.45, 2.75) is 18.9 Å². The van der Waals surface area contributed by atoms with Gasteiger partial charge in [-0.2, -0.15) is 0 Å². The number of nitrogens with one attached hydrogen (secondary N) is 1. The molecule has 4 heteroatoms. The molecule has 0 unspecified atom stereocenters. The minimum Gasteiger partial charge on any atom is -0.449 e. The fourth-order valence-electron chi connectivity index (χ4n) is 3.85. The van der Waals surface area contributed by atoms with E-state index in [4.69, 9.17) is 10.5 Å². The van der Waals surface area contributed by atoms with Crippen LogP contribution in [-0.2, 0) is 11.3 Å². The van der Waals surface area contributed by atoms with Crippen LogP contribution >= 0.6 is 0 Å². The van der Waals surface area contributed by atoms with Crippen molar-refractivity contribution in [1.29, 1.82) is 0 Å². The van der Waals surface area contributed by atoms with Crippen molar-refractivity contribution in [2.75, 3.05) is 13.2 Å². The van der Waals surface area contributed by atoms with Gasteiger partial charge >= 0.3 is 6.09 Å². The summed E-state index contributed by atoms with van der Waals surface area (Å²) in [6.07, 6.45) is 0.129. The summed E-state index contributed by atoms with van der Waals surface area (Å²) in [5.41, 5.74) is 12.5. The minimum atomic E-state index is -0.416. The number of alkyl carbamates (subject to hydrolysis) is 1. The van der Waals surface area contributed by atoms with Crippen molar-refractivity contribution in [3.05, 3.63) is 95.1 Å². The highest BCUT2D eigenvalue weighted by Crippen LogP contribution is 2.44. The van der Waals surface area contributed by atoms with Crippen molar-refractivity contribution in [1.82, 2.24) is 5.32 Å². The zero-order valence-electron chi connectivity index (χ0n) is 16.7. The summed E-state index contributed by atoms with van der Waals surface area (Å²) in [6.45, 7) is 1.22. The lowest BCUT2D eigenvalue weighted by Crippen LogP contribution is -2.26. The van der Waals surface area contributed by atoms with E-state index in [1.54, 1.807) is 0 Å². The number of hydrogen-bond donors (Lipinski definition) is 2. The molecule has 0 saturated heterocycles. The maximum Gasteiger partial charge on any atom is 0.407 e. The zero-order chi connectivity index (χ0) is 20.8. The average Bonchev–Trinajstić information content (AvgIpc) is 3.11. The van der Waals surface area contributed by atoms with E-state index in [9.17, 15) is 4.79 Å². The molecule has 0 radical (unpaired) electrons. The Morgan fingerprint density at radius 2 is 1.57 bits per heavy atom. The second-order valence-electron chi connectivity index (χ2n) is 7.17. The van der Waals surface area contributed by atoms with Crippen LogP contribution in [0.5, 0.6) is 0 Å². The Kier molecular flexibility index (Phi) is 6.12. The molecular formula is C26H24N2O2. The summed E-state index contributed by atoms with van der Waals surface area (Å²) < 4.78 is 5.53. The molecule has 1 amide bonds. The van der Waals surface area contributed by atoms with Crippen LogP contribution in [0.1, 0.15) is 34.6 Å². The molecule has 0 atom stereocenters. The van der Waals surface area contributed by atoms with Gasteiger partial charge < -0.3 is 15.8 Å². The SMILES string of the molecule is NCc1ccccc1C#CCCNC(=O)OCC1c2ccccc2-c2ccccc21. The lowest BCUT2D eigenvalue weighted by Gasteiger charge is -2.14. The maximum absolute atomic E-state index is 12.2. The van der Waals surface area contributed by atoms with E-state index in [0.717, 1.165) is 11.1 Å². The Hall–Kier alpha value is -3.55. The van der Waals surface area contributed by atoms with Gasteiger partial charge in [-0.05, 0) is 33.9 Å². The molecule has 0 spiro atoms. The first kappa shape index (κ1) is 19.8. The summed E-state index contributed by atoms with van der Waals surface area (Å²) in [5.74, 6) is 6.26. The van der Waals surface area contributed by atoms with Crippen molar-refractivity contribution in [3.63, 3.8) is 0 Å². The van der Waals surface area contributed by atoms with Gasteiger partial charge in [-0.15, -0.1) is 0 Å². The van der Waals surface area contributed by atoms with Crippen LogP contribution in [0, 0.1) is 11.8 Å². The third-order valence-electron chi connectivity index (χ3n) is 5.32. The van der Waals surface area contributed by atoms with Gasteiger partial charge in [0.1, 0.15) is 6.61 Å². The summed E-state index contributed by atoms with van der Waals surface area (Å²) in [7, 11) is 0. The van der Waals surface area contributed by atoms with E-state index in [1.165, 1.54) is 22.3 Å². The molecular weight excluding hydrogens is 372 g/mol. The molecule has 4 nitrogen and oxygen atoms in total. The van der Waals surface area contributed by atoms with Crippen LogP contribution in [0.3, 0.4) is 0 Å². The first-order valence-electron chi connectivity index (χ1n) is 10.1. The molecule has 3 aromatic carbocycles.